The molecule has 8 bridgehead atoms. The summed E-state index contributed by atoms with van der Waals surface area (Å²) in [7, 11) is 0. The number of aromatic amines is 3. The number of hydrogen-bond acceptors (Lipinski definition) is 13. The number of nitrogens with zero attached hydrogens (tertiary/aromatic N) is 4. The summed E-state index contributed by atoms with van der Waals surface area (Å²) in [5.41, 5.74) is 16.1. The summed E-state index contributed by atoms with van der Waals surface area (Å²) in [4.78, 5) is 117. The lowest BCUT2D eigenvalue weighted by Gasteiger charge is -2.18. The van der Waals surface area contributed by atoms with Gasteiger partial charge in [-0.2, -0.15) is 0 Å². The van der Waals surface area contributed by atoms with Gasteiger partial charge in [0.15, 0.2) is 5.52 Å². The van der Waals surface area contributed by atoms with Crippen molar-refractivity contribution < 1.29 is 44.1 Å². The Balaban J connectivity index is 0.827. The molecular formula is C60H68N12O10. The number of carboxylic acid groups (broad SMARTS) is 3. The quantitative estimate of drug-likeness (QED) is 0.0258. The molecule has 22 heteroatoms. The Labute approximate surface area is 471 Å². The molecule has 5 aromatic heterocycles. The number of amides is 3. The zero-order valence-corrected chi connectivity index (χ0v) is 46.5. The van der Waals surface area contributed by atoms with Gasteiger partial charge in [0.25, 0.3) is 11.5 Å². The fourth-order valence-corrected chi connectivity index (χ4v) is 10.6. The van der Waals surface area contributed by atoms with E-state index in [0.29, 0.717) is 78.3 Å². The van der Waals surface area contributed by atoms with Crippen molar-refractivity contribution >= 4 is 97.5 Å². The van der Waals surface area contributed by atoms with Crippen LogP contribution in [-0.2, 0) is 43.4 Å². The third-order valence-corrected chi connectivity index (χ3v) is 15.2. The van der Waals surface area contributed by atoms with Crippen molar-refractivity contribution in [2.24, 2.45) is 0 Å². The zero-order valence-electron chi connectivity index (χ0n) is 46.5. The van der Waals surface area contributed by atoms with Gasteiger partial charge in [0, 0.05) is 94.0 Å². The van der Waals surface area contributed by atoms with Crippen molar-refractivity contribution in [1.82, 2.24) is 50.8 Å². The Hall–Kier alpha value is -9.47. The summed E-state index contributed by atoms with van der Waals surface area (Å²) in [5, 5.41) is 42.3. The fourth-order valence-electron chi connectivity index (χ4n) is 10.6. The highest BCUT2D eigenvalue weighted by atomic mass is 16.4. The van der Waals surface area contributed by atoms with Gasteiger partial charge in [-0.05, 0) is 118 Å². The Bertz CT molecular complexity index is 3780. The van der Waals surface area contributed by atoms with Gasteiger partial charge in [-0.15, -0.1) is 0 Å². The van der Waals surface area contributed by atoms with E-state index in [2.05, 4.69) is 52.8 Å². The molecule has 8 rings (SSSR count). The summed E-state index contributed by atoms with van der Waals surface area (Å²) in [6.07, 6.45) is 6.39. The van der Waals surface area contributed by atoms with Crippen LogP contribution in [0.4, 0.5) is 11.5 Å². The Morgan fingerprint density at radius 2 is 1.49 bits per heavy atom. The zero-order chi connectivity index (χ0) is 58.9. The SMILES string of the molecule is C=Cc1c(C)c2cc3nc(c(CC(=O)O)c4nc(cc5[nH]c(cc1[nH]2)c(C)c5CC)C(C)=C4C(=O)O)C(CCC(=O)NCCCCCCNC(=O)CCC(NC(=O)c1ccc(NCc2cnc4cc(N)[nH]c(=O)c4n2)cc1)C(=O)O)C3C. The molecule has 3 atom stereocenters. The topological polar surface area (TPSA) is 353 Å². The van der Waals surface area contributed by atoms with E-state index < -0.39 is 47.8 Å². The number of carbonyl (C=O) groups excluding carboxylic acids is 3. The fraction of sp³-hybridized carbons (Fsp3) is 0.350. The maximum Gasteiger partial charge on any atom is 0.338 e. The summed E-state index contributed by atoms with van der Waals surface area (Å²) in [5.74, 6) is -5.48. The average Bonchev–Trinajstić information content (AvgIpc) is 3.08. The number of carbonyl (C=O) groups is 6. The van der Waals surface area contributed by atoms with Crippen LogP contribution in [0.25, 0.3) is 50.3 Å². The van der Waals surface area contributed by atoms with Crippen LogP contribution in [0.3, 0.4) is 0 Å². The molecule has 0 radical (unpaired) electrons. The highest BCUT2D eigenvalue weighted by Crippen LogP contribution is 2.44. The predicted octanol–water partition coefficient (Wildman–Crippen LogP) is 7.73. The number of rotatable bonds is 24. The minimum atomic E-state index is -1.31. The smallest absolute Gasteiger partial charge is 0.338 e. The highest BCUT2D eigenvalue weighted by Gasteiger charge is 2.36. The molecule has 428 valence electrons. The van der Waals surface area contributed by atoms with E-state index in [4.69, 9.17) is 15.7 Å². The molecule has 0 aliphatic carbocycles. The molecule has 0 fully saturated rings. The molecule has 82 heavy (non-hydrogen) atoms. The average molecular weight is 1120 g/mol. The first-order valence-corrected chi connectivity index (χ1v) is 27.3. The number of nitrogens with two attached hydrogens (primary N) is 1. The molecule has 1 aromatic carbocycles. The standard InChI is InChI=1S/C60H68N12O10/c1-7-37-30(3)42-24-44-32(5)39(54(69-44)40(23-52(75)76)55-53(60(81)82)33(6)45(70-55)26-47-38(8-2)31(4)43(68-47)25-46(37)67-42)17-19-50(73)62-21-11-9-10-12-22-63-51(74)20-18-41(59(79)80)71-57(77)34-13-15-35(16-14-34)64-28-36-29-65-48-27-49(61)72-58(78)56(48)66-36/h7,13-16,24-27,29,32,39,41,64,67-68H,1,8-12,17-23,28H2,2-6H3,(H,62,73)(H,63,74)(H,71,77)(H,75,76)(H,79,80)(H,81,82)(H3,61,72,78). The first-order valence-electron chi connectivity index (χ1n) is 27.3. The predicted molar refractivity (Wildman–Crippen MR) is 313 cm³/mol. The molecule has 7 heterocycles. The summed E-state index contributed by atoms with van der Waals surface area (Å²) in [6.45, 7) is 14.8. The molecular weight excluding hydrogens is 1050 g/mol. The first kappa shape index (κ1) is 58.7. The van der Waals surface area contributed by atoms with E-state index >= 15 is 0 Å². The minimum Gasteiger partial charge on any atom is -0.481 e. The Morgan fingerprint density at radius 1 is 0.805 bits per heavy atom. The van der Waals surface area contributed by atoms with E-state index in [-0.39, 0.29) is 77.3 Å². The second kappa shape index (κ2) is 25.8. The maximum atomic E-state index is 13.5. The van der Waals surface area contributed by atoms with Crippen LogP contribution >= 0.6 is 0 Å². The number of aromatic nitrogens is 7. The van der Waals surface area contributed by atoms with E-state index in [9.17, 15) is 48.9 Å². The largest absolute Gasteiger partial charge is 0.481 e. The maximum absolute atomic E-state index is 13.5. The van der Waals surface area contributed by atoms with Gasteiger partial charge in [0.1, 0.15) is 11.9 Å². The van der Waals surface area contributed by atoms with Crippen molar-refractivity contribution in [3.05, 3.63) is 134 Å². The molecule has 12 N–H and O–H groups in total. The number of fused-ring (bicyclic) bond motifs is 9. The number of aryl methyl sites for hydroxylation is 3. The van der Waals surface area contributed by atoms with Crippen molar-refractivity contribution in [3.8, 4) is 0 Å². The number of pyridine rings is 1. The number of nitrogens with one attached hydrogen (secondary N) is 7. The molecule has 3 amide bonds. The van der Waals surface area contributed by atoms with E-state index in [1.807, 2.05) is 45.9 Å². The van der Waals surface area contributed by atoms with Crippen LogP contribution in [0.15, 0.2) is 66.1 Å². The van der Waals surface area contributed by atoms with Gasteiger partial charge in [-0.25, -0.2) is 19.6 Å². The van der Waals surface area contributed by atoms with Crippen molar-refractivity contribution in [2.45, 2.75) is 123 Å². The number of anilines is 2. The van der Waals surface area contributed by atoms with Crippen molar-refractivity contribution in [1.29, 1.82) is 0 Å². The normalized spacial score (nSPS) is 14.3. The summed E-state index contributed by atoms with van der Waals surface area (Å²) >= 11 is 0. The number of benzene rings is 1. The van der Waals surface area contributed by atoms with E-state index in [1.165, 1.54) is 24.4 Å². The lowest BCUT2D eigenvalue weighted by molar-refractivity contribution is -0.139. The second-order valence-electron chi connectivity index (χ2n) is 20.7. The van der Waals surface area contributed by atoms with Crippen LogP contribution < -0.4 is 32.6 Å². The lowest BCUT2D eigenvalue weighted by atomic mass is 9.84. The molecule has 2 aliphatic heterocycles. The summed E-state index contributed by atoms with van der Waals surface area (Å²) in [6, 6.07) is 12.3. The lowest BCUT2D eigenvalue weighted by Crippen LogP contribution is -2.41. The molecule has 22 nitrogen and oxygen atoms in total. The minimum absolute atomic E-state index is 0.0374. The molecule has 3 unspecified atom stereocenters. The third kappa shape index (κ3) is 13.4. The first-order chi connectivity index (χ1) is 39.2. The van der Waals surface area contributed by atoms with E-state index in [1.54, 1.807) is 25.1 Å². The van der Waals surface area contributed by atoms with Crippen LogP contribution in [-0.4, -0.2) is 105 Å². The second-order valence-corrected chi connectivity index (χ2v) is 20.7. The number of nitrogen functional groups attached to an aromatic ring is 1. The Kier molecular flexibility index (Phi) is 18.4. The van der Waals surface area contributed by atoms with Gasteiger partial charge in [0.2, 0.25) is 11.8 Å². The molecule has 6 aromatic rings. The van der Waals surface area contributed by atoms with Gasteiger partial charge < -0.3 is 57.3 Å². The monoisotopic (exact) mass is 1120 g/mol. The van der Waals surface area contributed by atoms with Crippen LogP contribution in [0, 0.1) is 13.8 Å². The number of carboxylic acids is 3. The van der Waals surface area contributed by atoms with Crippen molar-refractivity contribution in [3.63, 3.8) is 0 Å². The van der Waals surface area contributed by atoms with Crippen LogP contribution in [0.2, 0.25) is 0 Å². The molecule has 0 saturated carbocycles. The molecule has 0 spiro atoms. The van der Waals surface area contributed by atoms with Crippen LogP contribution in [0.5, 0.6) is 0 Å². The van der Waals surface area contributed by atoms with E-state index in [0.717, 1.165) is 57.2 Å². The molecule has 0 saturated heterocycles. The third-order valence-electron chi connectivity index (χ3n) is 15.2. The Morgan fingerprint density at radius 3 is 2.15 bits per heavy atom. The van der Waals surface area contributed by atoms with Gasteiger partial charge in [-0.1, -0.05) is 39.3 Å². The number of unbranched alkanes of at least 4 members (excludes halogenated alkanes) is 3. The summed E-state index contributed by atoms with van der Waals surface area (Å²) < 4.78 is 0. The highest BCUT2D eigenvalue weighted by molar-refractivity contribution is 6.24. The number of aliphatic carboxylic acids is 3. The van der Waals surface area contributed by atoms with Gasteiger partial charge in [0.05, 0.1) is 53.0 Å². The van der Waals surface area contributed by atoms with Crippen molar-refractivity contribution in [2.75, 3.05) is 24.1 Å². The van der Waals surface area contributed by atoms with Gasteiger partial charge in [-0.3, -0.25) is 33.9 Å². The number of hydrogen-bond donors (Lipinski definition) is 11. The van der Waals surface area contributed by atoms with Gasteiger partial charge >= 0.3 is 17.9 Å². The number of allylic oxidation sites excluding steroid dienone is 1. The number of H-pyrrole nitrogens is 3. The molecule has 2 aliphatic rings. The van der Waals surface area contributed by atoms with Crippen LogP contribution in [0.1, 0.15) is 151 Å².